The lowest BCUT2D eigenvalue weighted by Gasteiger charge is -2.24. The van der Waals surface area contributed by atoms with Gasteiger partial charge in [-0.1, -0.05) is 16.3 Å². The highest BCUT2D eigenvalue weighted by molar-refractivity contribution is 9.10. The number of imide groups is 1. The summed E-state index contributed by atoms with van der Waals surface area (Å²) in [5, 5.41) is 6.40. The van der Waals surface area contributed by atoms with Gasteiger partial charge < -0.3 is 4.55 Å². The number of fused-ring (bicyclic) bond motifs is 1. The number of aromatic nitrogens is 4. The molecule has 5 rings (SSSR count). The molecule has 4 aromatic rings. The summed E-state index contributed by atoms with van der Waals surface area (Å²) in [5.41, 5.74) is 0.241. The summed E-state index contributed by atoms with van der Waals surface area (Å²) >= 11 is 3.09. The molecule has 2 atom stereocenters. The van der Waals surface area contributed by atoms with E-state index in [1.54, 1.807) is 12.1 Å². The number of sulfonamides is 1. The van der Waals surface area contributed by atoms with Gasteiger partial charge in [-0.05, 0) is 59.1 Å². The Morgan fingerprint density at radius 3 is 2.79 bits per heavy atom. The van der Waals surface area contributed by atoms with Crippen LogP contribution in [0.25, 0.3) is 10.9 Å². The molecule has 2 N–H and O–H groups in total. The van der Waals surface area contributed by atoms with Gasteiger partial charge in [0.15, 0.2) is 10.4 Å². The summed E-state index contributed by atoms with van der Waals surface area (Å²) in [7, 11) is -4.13. The lowest BCUT2D eigenvalue weighted by molar-refractivity contribution is -0.135. The largest absolute Gasteiger partial charge is 0.588 e. The molecule has 0 spiro atoms. The van der Waals surface area contributed by atoms with E-state index in [9.17, 15) is 27.5 Å². The molecule has 196 valence electrons. The smallest absolute Gasteiger partial charge is 0.262 e. The van der Waals surface area contributed by atoms with Crippen LogP contribution in [0.15, 0.2) is 63.0 Å². The van der Waals surface area contributed by atoms with Crippen molar-refractivity contribution in [1.29, 1.82) is 0 Å². The molecule has 0 bridgehead atoms. The quantitative estimate of drug-likeness (QED) is 0.254. The van der Waals surface area contributed by atoms with E-state index in [1.165, 1.54) is 46.6 Å². The Kier molecular flexibility index (Phi) is 6.71. The minimum Gasteiger partial charge on any atom is -0.588 e. The third-order valence-electron chi connectivity index (χ3n) is 6.12. The fourth-order valence-electron chi connectivity index (χ4n) is 4.31. The first-order chi connectivity index (χ1) is 18.0. The molecule has 38 heavy (non-hydrogen) atoms. The number of nitrogens with zero attached hydrogens (tertiary/aromatic N) is 4. The predicted molar refractivity (Wildman–Crippen MR) is 138 cm³/mol. The third kappa shape index (κ3) is 4.89. The van der Waals surface area contributed by atoms with Crippen LogP contribution in [0.3, 0.4) is 0 Å². The lowest BCUT2D eigenvalue weighted by Crippen LogP contribution is -2.45. The Balaban J connectivity index is 1.44. The zero-order valence-corrected chi connectivity index (χ0v) is 22.2. The Morgan fingerprint density at radius 1 is 1.26 bits per heavy atom. The van der Waals surface area contributed by atoms with Gasteiger partial charge in [0.25, 0.3) is 5.56 Å². The van der Waals surface area contributed by atoms with Crippen LogP contribution in [0.4, 0.5) is 10.1 Å². The van der Waals surface area contributed by atoms with E-state index in [-0.39, 0.29) is 46.7 Å². The topological polar surface area (TPSA) is 151 Å². The van der Waals surface area contributed by atoms with E-state index in [1.807, 2.05) is 0 Å². The zero-order valence-electron chi connectivity index (χ0n) is 19.8. The Labute approximate surface area is 224 Å². The van der Waals surface area contributed by atoms with Gasteiger partial charge in [0.05, 0.1) is 22.6 Å². The molecule has 1 aliphatic rings. The fraction of sp³-hybridized carbons (Fsp3) is 0.208. The number of benzene rings is 2. The molecule has 2 aromatic heterocycles. The summed E-state index contributed by atoms with van der Waals surface area (Å²) in [6.45, 7) is 1.68. The summed E-state index contributed by atoms with van der Waals surface area (Å²) in [5.74, 6) is -1.25. The minimum atomic E-state index is -4.13. The maximum atomic E-state index is 13.8. The van der Waals surface area contributed by atoms with Crippen LogP contribution in [0.1, 0.15) is 30.3 Å². The molecular weight excluding hydrogens is 583 g/mol. The van der Waals surface area contributed by atoms with Crippen molar-refractivity contribution in [2.75, 3.05) is 4.72 Å². The van der Waals surface area contributed by atoms with Crippen LogP contribution in [-0.4, -0.2) is 35.7 Å². The molecule has 3 heterocycles. The van der Waals surface area contributed by atoms with Crippen LogP contribution in [0.2, 0.25) is 0 Å². The number of rotatable bonds is 6. The first-order valence-corrected chi connectivity index (χ1v) is 13.7. The Bertz CT molecular complexity index is 1720. The van der Waals surface area contributed by atoms with Gasteiger partial charge in [0, 0.05) is 6.42 Å². The SMILES string of the molecule is Cc1nc2c(N[S+](=O)([O-])c3cnn(Cc4ccc(Br)c(F)c4)c3)cccc2c(=O)n1C1CCC(=O)NC1=O. The van der Waals surface area contributed by atoms with Gasteiger partial charge in [-0.3, -0.25) is 28.9 Å². The number of anilines is 1. The standard InChI is InChI=1S/C24H20BrFN6O5S/c1-13-28-22-16(24(35)32(13)20-7-8-21(33)29-23(20)34)3-2-4-19(22)30-38(36,37)15-10-27-31(12-15)11-14-5-6-17(25)18(26)9-14/h2-6,9-10,12,20H,7-8,11H2,1H3,(H2-,29,30,33,34,36,37). The normalized spacial score (nSPS) is 17.3. The number of carbonyl (C=O) groups is 2. The number of amides is 2. The Morgan fingerprint density at radius 2 is 2.05 bits per heavy atom. The molecule has 0 radical (unpaired) electrons. The van der Waals surface area contributed by atoms with Crippen LogP contribution in [0, 0.1) is 12.7 Å². The van der Waals surface area contributed by atoms with Crippen molar-refractivity contribution in [2.45, 2.75) is 37.2 Å². The Hall–Kier alpha value is -3.75. The number of hydrogen-bond acceptors (Lipinski definition) is 7. The van der Waals surface area contributed by atoms with Crippen LogP contribution in [-0.2, 0) is 30.7 Å². The number of piperidine rings is 1. The van der Waals surface area contributed by atoms with Crippen molar-refractivity contribution in [3.05, 3.63) is 80.8 Å². The van der Waals surface area contributed by atoms with Crippen molar-refractivity contribution in [3.63, 3.8) is 0 Å². The monoisotopic (exact) mass is 602 g/mol. The average Bonchev–Trinajstić information content (AvgIpc) is 3.33. The maximum Gasteiger partial charge on any atom is 0.262 e. The predicted octanol–water partition coefficient (Wildman–Crippen LogP) is 2.84. The molecule has 0 saturated carbocycles. The second-order valence-electron chi connectivity index (χ2n) is 8.73. The molecule has 14 heteroatoms. The molecule has 2 amide bonds. The molecule has 1 fully saturated rings. The van der Waals surface area contributed by atoms with Crippen molar-refractivity contribution < 1.29 is 22.7 Å². The fourth-order valence-corrected chi connectivity index (χ4v) is 5.57. The average molecular weight is 603 g/mol. The van der Waals surface area contributed by atoms with Gasteiger partial charge in [-0.2, -0.15) is 5.10 Å². The van der Waals surface area contributed by atoms with E-state index < -0.39 is 39.6 Å². The highest BCUT2D eigenvalue weighted by Gasteiger charge is 2.31. The molecule has 1 aliphatic heterocycles. The van der Waals surface area contributed by atoms with Gasteiger partial charge in [0.1, 0.15) is 35.1 Å². The lowest BCUT2D eigenvalue weighted by atomic mass is 10.1. The molecule has 0 aliphatic carbocycles. The second-order valence-corrected chi connectivity index (χ2v) is 11.3. The molecule has 11 nitrogen and oxygen atoms in total. The number of carbonyl (C=O) groups excluding carboxylic acids is 2. The van der Waals surface area contributed by atoms with E-state index in [2.05, 4.69) is 36.1 Å². The van der Waals surface area contributed by atoms with E-state index in [0.717, 1.165) is 6.20 Å². The number of hydrogen-bond donors (Lipinski definition) is 2. The summed E-state index contributed by atoms with van der Waals surface area (Å²) in [4.78, 5) is 41.5. The molecule has 1 saturated heterocycles. The zero-order chi connectivity index (χ0) is 27.2. The van der Waals surface area contributed by atoms with Crippen molar-refractivity contribution in [3.8, 4) is 0 Å². The maximum absolute atomic E-state index is 13.8. The number of halogens is 2. The van der Waals surface area contributed by atoms with Crippen molar-refractivity contribution in [2.24, 2.45) is 0 Å². The van der Waals surface area contributed by atoms with E-state index in [4.69, 9.17) is 0 Å². The van der Waals surface area contributed by atoms with E-state index in [0.29, 0.717) is 10.0 Å². The minimum absolute atomic E-state index is 0.0702. The number of para-hydroxylation sites is 1. The van der Waals surface area contributed by atoms with Crippen molar-refractivity contribution >= 4 is 54.7 Å². The van der Waals surface area contributed by atoms with Crippen LogP contribution < -0.4 is 15.6 Å². The summed E-state index contributed by atoms with van der Waals surface area (Å²) in [6.07, 6.45) is 2.71. The summed E-state index contributed by atoms with van der Waals surface area (Å²) < 4.78 is 45.5. The number of aryl methyl sites for hydroxylation is 1. The molecular formula is C24H20BrFN6O5S. The van der Waals surface area contributed by atoms with Gasteiger partial charge >= 0.3 is 0 Å². The van der Waals surface area contributed by atoms with Gasteiger partial charge in [-0.25, -0.2) is 14.1 Å². The number of nitrogens with one attached hydrogen (secondary N) is 2. The highest BCUT2D eigenvalue weighted by atomic mass is 79.9. The highest BCUT2D eigenvalue weighted by Crippen LogP contribution is 2.27. The van der Waals surface area contributed by atoms with Gasteiger partial charge in [0.2, 0.25) is 16.7 Å². The van der Waals surface area contributed by atoms with Crippen LogP contribution >= 0.6 is 15.9 Å². The van der Waals surface area contributed by atoms with Gasteiger partial charge in [-0.15, -0.1) is 0 Å². The second kappa shape index (κ2) is 9.85. The first kappa shape index (κ1) is 25.9. The first-order valence-electron chi connectivity index (χ1n) is 11.4. The summed E-state index contributed by atoms with van der Waals surface area (Å²) in [6, 6.07) is 8.12. The molecule has 2 aromatic carbocycles. The van der Waals surface area contributed by atoms with Crippen LogP contribution in [0.5, 0.6) is 0 Å². The van der Waals surface area contributed by atoms with E-state index >= 15 is 0 Å². The van der Waals surface area contributed by atoms with Crippen molar-refractivity contribution in [1.82, 2.24) is 24.6 Å². The third-order valence-corrected chi connectivity index (χ3v) is 8.09. The molecule has 2 unspecified atom stereocenters.